The van der Waals surface area contributed by atoms with Gasteiger partial charge in [0, 0.05) is 23.9 Å². The first kappa shape index (κ1) is 15.7. The summed E-state index contributed by atoms with van der Waals surface area (Å²) in [7, 11) is -1.86. The first-order valence-electron chi connectivity index (χ1n) is 6.06. The highest BCUT2D eigenvalue weighted by Crippen LogP contribution is 2.32. The molecule has 112 valence electrons. The van der Waals surface area contributed by atoms with Crippen LogP contribution in [0.25, 0.3) is 0 Å². The zero-order chi connectivity index (χ0) is 15.8. The van der Waals surface area contributed by atoms with Crippen molar-refractivity contribution in [2.45, 2.75) is 17.9 Å². The fourth-order valence-electron chi connectivity index (χ4n) is 2.21. The Morgan fingerprint density at radius 3 is 2.48 bits per heavy atom. The van der Waals surface area contributed by atoms with Crippen LogP contribution in [-0.4, -0.2) is 24.5 Å². The van der Waals surface area contributed by atoms with Gasteiger partial charge in [-0.15, -0.1) is 4.91 Å². The molecule has 0 aliphatic rings. The maximum absolute atomic E-state index is 11.9. The fraction of sp³-hybridized carbons (Fsp3) is 0.308. The monoisotopic (exact) mass is 327 g/mol. The predicted octanol–water partition coefficient (Wildman–Crippen LogP) is 2.64. The van der Waals surface area contributed by atoms with Crippen LogP contribution >= 0.6 is 11.6 Å². The van der Waals surface area contributed by atoms with Gasteiger partial charge in [-0.05, 0) is 25.1 Å². The van der Waals surface area contributed by atoms with E-state index in [0.717, 1.165) is 11.9 Å². The third kappa shape index (κ3) is 3.14. The second kappa shape index (κ2) is 5.57. The van der Waals surface area contributed by atoms with E-state index < -0.39 is 15.9 Å². The van der Waals surface area contributed by atoms with Gasteiger partial charge < -0.3 is 0 Å². The minimum atomic E-state index is -3.54. The summed E-state index contributed by atoms with van der Waals surface area (Å²) in [6.07, 6.45) is 1.07. The quantitative estimate of drug-likeness (QED) is 0.808. The molecule has 0 saturated carbocycles. The van der Waals surface area contributed by atoms with Crippen LogP contribution in [0.15, 0.2) is 34.3 Å². The average molecular weight is 328 g/mol. The molecule has 21 heavy (non-hydrogen) atoms. The van der Waals surface area contributed by atoms with Crippen molar-refractivity contribution in [1.82, 2.24) is 9.78 Å². The van der Waals surface area contributed by atoms with Gasteiger partial charge in [0.1, 0.15) is 0 Å². The lowest BCUT2D eigenvalue weighted by Crippen LogP contribution is -2.10. The number of aromatic nitrogens is 2. The van der Waals surface area contributed by atoms with Gasteiger partial charge in [0.2, 0.25) is 0 Å². The highest BCUT2D eigenvalue weighted by molar-refractivity contribution is 7.90. The molecule has 1 atom stereocenters. The van der Waals surface area contributed by atoms with Crippen molar-refractivity contribution in [3.8, 4) is 0 Å². The van der Waals surface area contributed by atoms with Crippen molar-refractivity contribution in [2.24, 2.45) is 12.2 Å². The van der Waals surface area contributed by atoms with Crippen molar-refractivity contribution >= 4 is 21.4 Å². The van der Waals surface area contributed by atoms with Crippen molar-refractivity contribution in [2.75, 3.05) is 6.26 Å². The molecule has 1 aromatic heterocycles. The highest BCUT2D eigenvalue weighted by Gasteiger charge is 2.26. The Balaban J connectivity index is 2.69. The lowest BCUT2D eigenvalue weighted by atomic mass is 10.0. The molecule has 0 amide bonds. The van der Waals surface area contributed by atoms with Gasteiger partial charge in [0.15, 0.2) is 15.9 Å². The lowest BCUT2D eigenvalue weighted by molar-refractivity contribution is 0.598. The summed E-state index contributed by atoms with van der Waals surface area (Å²) in [5.41, 5.74) is 1.53. The molecular weight excluding hydrogens is 314 g/mol. The van der Waals surface area contributed by atoms with E-state index in [9.17, 15) is 13.3 Å². The maximum atomic E-state index is 11.9. The Hall–Kier alpha value is -1.73. The van der Waals surface area contributed by atoms with Gasteiger partial charge in [-0.3, -0.25) is 4.68 Å². The van der Waals surface area contributed by atoms with E-state index in [0.29, 0.717) is 11.3 Å². The smallest absolute Gasteiger partial charge is 0.175 e. The van der Waals surface area contributed by atoms with E-state index in [2.05, 4.69) is 10.3 Å². The van der Waals surface area contributed by atoms with Crippen LogP contribution in [0, 0.1) is 11.8 Å². The number of benzene rings is 1. The Bertz CT molecular complexity index is 799. The molecule has 0 N–H and O–H groups in total. The van der Waals surface area contributed by atoms with E-state index in [1.165, 1.54) is 22.9 Å². The number of nitrogens with zero attached hydrogens (tertiary/aromatic N) is 3. The van der Waals surface area contributed by atoms with Crippen LogP contribution in [0.5, 0.6) is 0 Å². The standard InChI is InChI=1S/C13H14ClN3O3S/c1-8-6-11(17(2)15-8)13(16-18)10-5-4-9(14)7-12(10)21(3,19)20/h4-7,13H,1-3H3. The van der Waals surface area contributed by atoms with Crippen LogP contribution in [-0.2, 0) is 16.9 Å². The van der Waals surface area contributed by atoms with Crippen molar-refractivity contribution in [3.05, 3.63) is 51.1 Å². The van der Waals surface area contributed by atoms with Gasteiger partial charge in [-0.2, -0.15) is 5.10 Å². The summed E-state index contributed by atoms with van der Waals surface area (Å²) in [4.78, 5) is 11.3. The number of aryl methyl sites for hydroxylation is 2. The molecule has 0 bridgehead atoms. The normalized spacial score (nSPS) is 13.1. The highest BCUT2D eigenvalue weighted by atomic mass is 35.5. The Morgan fingerprint density at radius 1 is 1.33 bits per heavy atom. The first-order chi connectivity index (χ1) is 9.74. The number of hydrogen-bond acceptors (Lipinski definition) is 5. The Morgan fingerprint density at radius 2 is 2.00 bits per heavy atom. The minimum absolute atomic E-state index is 0.00143. The molecule has 2 aromatic rings. The number of rotatable bonds is 4. The summed E-state index contributed by atoms with van der Waals surface area (Å²) in [6, 6.07) is 5.11. The second-order valence-electron chi connectivity index (χ2n) is 4.80. The second-order valence-corrected chi connectivity index (χ2v) is 7.22. The summed E-state index contributed by atoms with van der Waals surface area (Å²) >= 11 is 5.86. The van der Waals surface area contributed by atoms with E-state index in [-0.39, 0.29) is 9.92 Å². The topological polar surface area (TPSA) is 81.4 Å². The zero-order valence-electron chi connectivity index (χ0n) is 11.7. The molecule has 0 aliphatic heterocycles. The van der Waals surface area contributed by atoms with E-state index in [1.54, 1.807) is 20.0 Å². The SMILES string of the molecule is Cc1cc(C(N=O)c2ccc(Cl)cc2S(C)(=O)=O)n(C)n1. The largest absolute Gasteiger partial charge is 0.270 e. The molecule has 1 heterocycles. The number of sulfone groups is 1. The minimum Gasteiger partial charge on any atom is -0.270 e. The van der Waals surface area contributed by atoms with Crippen LogP contribution < -0.4 is 0 Å². The third-order valence-corrected chi connectivity index (χ3v) is 4.48. The molecule has 0 aliphatic carbocycles. The third-order valence-electron chi connectivity index (χ3n) is 3.09. The fourth-order valence-corrected chi connectivity index (χ4v) is 3.40. The average Bonchev–Trinajstić information content (AvgIpc) is 2.70. The molecule has 1 unspecified atom stereocenters. The number of halogens is 1. The predicted molar refractivity (Wildman–Crippen MR) is 80.1 cm³/mol. The Kier molecular flexibility index (Phi) is 4.15. The lowest BCUT2D eigenvalue weighted by Gasteiger charge is -2.14. The summed E-state index contributed by atoms with van der Waals surface area (Å²) in [5.74, 6) is 0. The van der Waals surface area contributed by atoms with Gasteiger partial charge >= 0.3 is 0 Å². The zero-order valence-corrected chi connectivity index (χ0v) is 13.3. The van der Waals surface area contributed by atoms with Crippen molar-refractivity contribution < 1.29 is 8.42 Å². The molecule has 2 rings (SSSR count). The summed E-state index contributed by atoms with van der Waals surface area (Å²) in [5, 5.41) is 7.53. The first-order valence-corrected chi connectivity index (χ1v) is 8.33. The van der Waals surface area contributed by atoms with Crippen LogP contribution in [0.2, 0.25) is 5.02 Å². The molecule has 0 saturated heterocycles. The maximum Gasteiger partial charge on any atom is 0.175 e. The molecule has 0 radical (unpaired) electrons. The van der Waals surface area contributed by atoms with Crippen molar-refractivity contribution in [1.29, 1.82) is 0 Å². The van der Waals surface area contributed by atoms with Gasteiger partial charge in [-0.1, -0.05) is 22.8 Å². The molecule has 1 aromatic carbocycles. The molecule has 0 spiro atoms. The van der Waals surface area contributed by atoms with Gasteiger partial charge in [0.05, 0.1) is 16.3 Å². The van der Waals surface area contributed by atoms with Crippen LogP contribution in [0.4, 0.5) is 0 Å². The molecule has 0 fully saturated rings. The van der Waals surface area contributed by atoms with Crippen molar-refractivity contribution in [3.63, 3.8) is 0 Å². The number of nitroso groups, excluding NO2 is 1. The van der Waals surface area contributed by atoms with E-state index >= 15 is 0 Å². The molecular formula is C13H14ClN3O3S. The summed E-state index contributed by atoms with van der Waals surface area (Å²) < 4.78 is 25.4. The van der Waals surface area contributed by atoms with Gasteiger partial charge in [-0.25, -0.2) is 8.42 Å². The molecule has 6 nitrogen and oxygen atoms in total. The molecule has 8 heteroatoms. The summed E-state index contributed by atoms with van der Waals surface area (Å²) in [6.45, 7) is 1.78. The van der Waals surface area contributed by atoms with E-state index in [1.807, 2.05) is 0 Å². The number of hydrogen-bond donors (Lipinski definition) is 0. The van der Waals surface area contributed by atoms with Gasteiger partial charge in [0.25, 0.3) is 0 Å². The van der Waals surface area contributed by atoms with Crippen LogP contribution in [0.1, 0.15) is 23.0 Å². The van der Waals surface area contributed by atoms with Crippen LogP contribution in [0.3, 0.4) is 0 Å². The Labute approximate surface area is 127 Å². The van der Waals surface area contributed by atoms with E-state index in [4.69, 9.17) is 11.6 Å².